The Hall–Kier alpha value is -2.04. The van der Waals surface area contributed by atoms with Crippen LogP contribution in [0.5, 0.6) is 0 Å². The molecule has 1 aromatic carbocycles. The van der Waals surface area contributed by atoms with Crippen molar-refractivity contribution in [2.24, 2.45) is 0 Å². The van der Waals surface area contributed by atoms with Gasteiger partial charge in [-0.15, -0.1) is 0 Å². The molecular formula is C18H25NO4. The molecule has 0 atom stereocenters. The number of carbonyl (C=O) groups is 2. The van der Waals surface area contributed by atoms with Crippen molar-refractivity contribution in [1.82, 2.24) is 5.32 Å². The highest BCUT2D eigenvalue weighted by Gasteiger charge is 2.52. The second kappa shape index (κ2) is 5.87. The zero-order valence-corrected chi connectivity index (χ0v) is 14.4. The first kappa shape index (κ1) is 17.3. The van der Waals surface area contributed by atoms with E-state index in [-0.39, 0.29) is 6.04 Å². The third-order valence-electron chi connectivity index (χ3n) is 4.09. The van der Waals surface area contributed by atoms with Gasteiger partial charge in [-0.05, 0) is 53.0 Å². The number of rotatable bonds is 3. The van der Waals surface area contributed by atoms with Crippen molar-refractivity contribution in [3.63, 3.8) is 0 Å². The van der Waals surface area contributed by atoms with Gasteiger partial charge in [0.25, 0.3) is 0 Å². The number of nitrogens with one attached hydrogen (secondary N) is 1. The number of aliphatic carboxylic acids is 1. The molecular weight excluding hydrogens is 294 g/mol. The molecule has 1 aliphatic rings. The molecule has 2 rings (SSSR count). The van der Waals surface area contributed by atoms with Crippen molar-refractivity contribution in [3.05, 3.63) is 34.9 Å². The van der Waals surface area contributed by atoms with Crippen LogP contribution in [0.15, 0.2) is 18.2 Å². The predicted octanol–water partition coefficient (Wildman–Crippen LogP) is 3.31. The number of alkyl carbamates (subject to hydrolysis) is 1. The number of benzene rings is 1. The maximum Gasteiger partial charge on any atom is 0.407 e. The molecule has 1 saturated carbocycles. The van der Waals surface area contributed by atoms with E-state index in [0.29, 0.717) is 12.8 Å². The fourth-order valence-electron chi connectivity index (χ4n) is 3.14. The normalized spacial score (nSPS) is 23.8. The van der Waals surface area contributed by atoms with Gasteiger partial charge in [-0.1, -0.05) is 29.3 Å². The number of carboxylic acids is 1. The molecule has 2 N–H and O–H groups in total. The Morgan fingerprint density at radius 3 is 2.13 bits per heavy atom. The van der Waals surface area contributed by atoms with Crippen LogP contribution in [0.4, 0.5) is 4.79 Å². The Labute approximate surface area is 137 Å². The number of aryl methyl sites for hydroxylation is 2. The van der Waals surface area contributed by atoms with Crippen LogP contribution in [0, 0.1) is 13.8 Å². The molecule has 1 fully saturated rings. The van der Waals surface area contributed by atoms with Crippen LogP contribution in [-0.2, 0) is 14.9 Å². The summed E-state index contributed by atoms with van der Waals surface area (Å²) in [6.45, 7) is 9.31. The van der Waals surface area contributed by atoms with Gasteiger partial charge in [0, 0.05) is 6.04 Å². The first-order valence-electron chi connectivity index (χ1n) is 7.83. The maximum atomic E-state index is 11.8. The molecule has 5 nitrogen and oxygen atoms in total. The number of hydrogen-bond donors (Lipinski definition) is 2. The van der Waals surface area contributed by atoms with Gasteiger partial charge in [0.15, 0.2) is 0 Å². The van der Waals surface area contributed by atoms with Gasteiger partial charge in [-0.25, -0.2) is 4.79 Å². The lowest BCUT2D eigenvalue weighted by atomic mass is 9.61. The molecule has 0 saturated heterocycles. The Morgan fingerprint density at radius 2 is 1.70 bits per heavy atom. The summed E-state index contributed by atoms with van der Waals surface area (Å²) >= 11 is 0. The van der Waals surface area contributed by atoms with Gasteiger partial charge in [-0.2, -0.15) is 0 Å². The fourth-order valence-corrected chi connectivity index (χ4v) is 3.14. The molecule has 0 unspecified atom stereocenters. The zero-order valence-electron chi connectivity index (χ0n) is 14.4. The van der Waals surface area contributed by atoms with E-state index in [9.17, 15) is 14.7 Å². The highest BCUT2D eigenvalue weighted by molar-refractivity contribution is 5.84. The second-order valence-corrected chi connectivity index (χ2v) is 7.52. The summed E-state index contributed by atoms with van der Waals surface area (Å²) in [5.41, 5.74) is 1.42. The van der Waals surface area contributed by atoms with Crippen molar-refractivity contribution in [2.75, 3.05) is 0 Å². The summed E-state index contributed by atoms with van der Waals surface area (Å²) in [5.74, 6) is -0.843. The Kier molecular flexibility index (Phi) is 4.42. The fraction of sp³-hybridized carbons (Fsp3) is 0.556. The molecule has 0 heterocycles. The van der Waals surface area contributed by atoms with Crippen molar-refractivity contribution < 1.29 is 19.4 Å². The minimum absolute atomic E-state index is 0.179. The zero-order chi connectivity index (χ0) is 17.4. The quantitative estimate of drug-likeness (QED) is 0.896. The molecule has 5 heteroatoms. The van der Waals surface area contributed by atoms with Crippen LogP contribution in [0.1, 0.15) is 50.3 Å². The molecule has 1 aromatic rings. The highest BCUT2D eigenvalue weighted by Crippen LogP contribution is 2.44. The van der Waals surface area contributed by atoms with Gasteiger partial charge in [0.05, 0.1) is 5.41 Å². The molecule has 0 spiro atoms. The van der Waals surface area contributed by atoms with Crippen LogP contribution in [0.3, 0.4) is 0 Å². The summed E-state index contributed by atoms with van der Waals surface area (Å²) in [6, 6.07) is 5.69. The van der Waals surface area contributed by atoms with E-state index in [2.05, 4.69) is 5.32 Å². The van der Waals surface area contributed by atoms with Crippen LogP contribution in [0.25, 0.3) is 0 Å². The van der Waals surface area contributed by atoms with E-state index < -0.39 is 23.1 Å². The van der Waals surface area contributed by atoms with E-state index in [4.69, 9.17) is 4.74 Å². The summed E-state index contributed by atoms with van der Waals surface area (Å²) < 4.78 is 5.22. The smallest absolute Gasteiger partial charge is 0.407 e. The topological polar surface area (TPSA) is 75.6 Å². The Bertz CT molecular complexity index is 604. The third kappa shape index (κ3) is 3.84. The van der Waals surface area contributed by atoms with Gasteiger partial charge >= 0.3 is 12.1 Å². The number of carboxylic acid groups (broad SMARTS) is 1. The average molecular weight is 319 g/mol. The predicted molar refractivity (Wildman–Crippen MR) is 87.6 cm³/mol. The van der Waals surface area contributed by atoms with E-state index in [1.807, 2.05) is 32.0 Å². The minimum Gasteiger partial charge on any atom is -0.481 e. The second-order valence-electron chi connectivity index (χ2n) is 7.52. The largest absolute Gasteiger partial charge is 0.481 e. The van der Waals surface area contributed by atoms with Crippen LogP contribution >= 0.6 is 0 Å². The monoisotopic (exact) mass is 319 g/mol. The molecule has 1 amide bonds. The molecule has 0 bridgehead atoms. The number of ether oxygens (including phenoxy) is 1. The third-order valence-corrected chi connectivity index (χ3v) is 4.09. The molecule has 0 aliphatic heterocycles. The van der Waals surface area contributed by atoms with Gasteiger partial charge in [-0.3, -0.25) is 4.79 Å². The molecule has 1 aliphatic carbocycles. The van der Waals surface area contributed by atoms with Crippen LogP contribution in [0.2, 0.25) is 0 Å². The summed E-state index contributed by atoms with van der Waals surface area (Å²) in [4.78, 5) is 23.6. The van der Waals surface area contributed by atoms with Crippen molar-refractivity contribution in [2.45, 2.75) is 64.5 Å². The van der Waals surface area contributed by atoms with Crippen molar-refractivity contribution in [1.29, 1.82) is 0 Å². The lowest BCUT2D eigenvalue weighted by Gasteiger charge is -2.45. The Balaban J connectivity index is 2.10. The molecule has 0 aromatic heterocycles. The van der Waals surface area contributed by atoms with Gasteiger partial charge in [0.2, 0.25) is 0 Å². The minimum atomic E-state index is -0.920. The summed E-state index contributed by atoms with van der Waals surface area (Å²) in [6.07, 6.45) is 0.261. The van der Waals surface area contributed by atoms with E-state index >= 15 is 0 Å². The van der Waals surface area contributed by atoms with Crippen molar-refractivity contribution in [3.8, 4) is 0 Å². The highest BCUT2D eigenvalue weighted by atomic mass is 16.6. The van der Waals surface area contributed by atoms with Gasteiger partial charge < -0.3 is 15.2 Å². The lowest BCUT2D eigenvalue weighted by molar-refractivity contribution is -0.148. The average Bonchev–Trinajstić information content (AvgIpc) is 2.28. The molecule has 23 heavy (non-hydrogen) atoms. The van der Waals surface area contributed by atoms with E-state index in [0.717, 1.165) is 16.7 Å². The SMILES string of the molecule is Cc1cc(C)cc(C2(C(=O)O)CC(NC(=O)OC(C)(C)C)C2)c1. The lowest BCUT2D eigenvalue weighted by Crippen LogP contribution is -2.57. The van der Waals surface area contributed by atoms with E-state index in [1.165, 1.54) is 0 Å². The summed E-state index contributed by atoms with van der Waals surface area (Å²) in [7, 11) is 0. The number of carbonyl (C=O) groups excluding carboxylic acids is 1. The molecule has 0 radical (unpaired) electrons. The molecule has 126 valence electrons. The summed E-state index contributed by atoms with van der Waals surface area (Å²) in [5, 5.41) is 12.5. The van der Waals surface area contributed by atoms with Crippen LogP contribution < -0.4 is 5.32 Å². The standard InChI is InChI=1S/C18H25NO4/c1-11-6-12(2)8-13(7-11)18(15(20)21)9-14(10-18)19-16(22)23-17(3,4)5/h6-8,14H,9-10H2,1-5H3,(H,19,22)(H,20,21). The first-order valence-corrected chi connectivity index (χ1v) is 7.83. The number of hydrogen-bond acceptors (Lipinski definition) is 3. The van der Waals surface area contributed by atoms with Crippen LogP contribution in [-0.4, -0.2) is 28.8 Å². The van der Waals surface area contributed by atoms with Gasteiger partial charge in [0.1, 0.15) is 5.60 Å². The maximum absolute atomic E-state index is 11.8. The van der Waals surface area contributed by atoms with E-state index in [1.54, 1.807) is 20.8 Å². The first-order chi connectivity index (χ1) is 10.5. The van der Waals surface area contributed by atoms with Crippen molar-refractivity contribution >= 4 is 12.1 Å². The Morgan fingerprint density at radius 1 is 1.17 bits per heavy atom. The number of amides is 1.